The van der Waals surface area contributed by atoms with Crippen LogP contribution in [0.25, 0.3) is 0 Å². The fraction of sp³-hybridized carbons (Fsp3) is 0.231. The molecule has 0 saturated heterocycles. The summed E-state index contributed by atoms with van der Waals surface area (Å²) in [4.78, 5) is 11.5. The van der Waals surface area contributed by atoms with Crippen LogP contribution in [-0.4, -0.2) is 12.0 Å². The van der Waals surface area contributed by atoms with Crippen LogP contribution in [0, 0.1) is 10.1 Å². The molecule has 0 amide bonds. The molecule has 2 rings (SSSR count). The molecule has 0 radical (unpaired) electrons. The molecule has 0 spiro atoms. The third-order valence-electron chi connectivity index (χ3n) is 2.61. The SMILES string of the molecule is CNCc1cc([N+](=O)[O-])ccc1OCc1cc(Br)cs1. The van der Waals surface area contributed by atoms with E-state index >= 15 is 0 Å². The molecule has 2 aromatic rings. The number of nitro groups is 1. The van der Waals surface area contributed by atoms with Crippen LogP contribution in [0.1, 0.15) is 10.4 Å². The topological polar surface area (TPSA) is 64.4 Å². The predicted molar refractivity (Wildman–Crippen MR) is 82.2 cm³/mol. The van der Waals surface area contributed by atoms with Crippen LogP contribution >= 0.6 is 27.3 Å². The van der Waals surface area contributed by atoms with Gasteiger partial charge in [-0.05, 0) is 35.1 Å². The minimum absolute atomic E-state index is 0.0708. The lowest BCUT2D eigenvalue weighted by atomic mass is 10.1. The highest BCUT2D eigenvalue weighted by molar-refractivity contribution is 9.10. The van der Waals surface area contributed by atoms with E-state index in [0.717, 1.165) is 14.9 Å². The van der Waals surface area contributed by atoms with Gasteiger partial charge in [-0.15, -0.1) is 11.3 Å². The van der Waals surface area contributed by atoms with Crippen LogP contribution in [0.2, 0.25) is 0 Å². The van der Waals surface area contributed by atoms with Crippen molar-refractivity contribution >= 4 is 33.0 Å². The number of nitro benzene ring substituents is 1. The molecular weight excluding hydrogens is 344 g/mol. The van der Waals surface area contributed by atoms with Crippen molar-refractivity contribution in [1.29, 1.82) is 0 Å². The molecule has 0 aliphatic rings. The standard InChI is InChI=1S/C13H13BrN2O3S/c1-15-6-9-4-11(16(17)18)2-3-13(9)19-7-12-5-10(14)8-20-12/h2-5,8,15H,6-7H2,1H3. The van der Waals surface area contributed by atoms with Gasteiger partial charge in [0.15, 0.2) is 0 Å². The zero-order valence-corrected chi connectivity index (χ0v) is 13.2. The monoisotopic (exact) mass is 356 g/mol. The molecule has 1 aromatic heterocycles. The Morgan fingerprint density at radius 1 is 1.45 bits per heavy atom. The maximum absolute atomic E-state index is 10.8. The third kappa shape index (κ3) is 3.78. The summed E-state index contributed by atoms with van der Waals surface area (Å²) in [7, 11) is 1.79. The van der Waals surface area contributed by atoms with Crippen molar-refractivity contribution in [3.05, 3.63) is 54.7 Å². The Labute approximate surface area is 128 Å². The fourth-order valence-electron chi connectivity index (χ4n) is 1.73. The van der Waals surface area contributed by atoms with Crippen LogP contribution in [0.5, 0.6) is 5.75 Å². The van der Waals surface area contributed by atoms with E-state index in [2.05, 4.69) is 21.2 Å². The van der Waals surface area contributed by atoms with E-state index in [1.807, 2.05) is 11.4 Å². The molecule has 0 fully saturated rings. The van der Waals surface area contributed by atoms with Gasteiger partial charge in [0.1, 0.15) is 12.4 Å². The highest BCUT2D eigenvalue weighted by atomic mass is 79.9. The Morgan fingerprint density at radius 3 is 2.85 bits per heavy atom. The number of benzene rings is 1. The number of thiophene rings is 1. The molecular formula is C13H13BrN2O3S. The average Bonchev–Trinajstić information content (AvgIpc) is 2.83. The van der Waals surface area contributed by atoms with Crippen LogP contribution in [0.3, 0.4) is 0 Å². The van der Waals surface area contributed by atoms with Gasteiger partial charge in [-0.2, -0.15) is 0 Å². The van der Waals surface area contributed by atoms with Crippen LogP contribution in [0.15, 0.2) is 34.1 Å². The zero-order valence-electron chi connectivity index (χ0n) is 10.8. The van der Waals surface area contributed by atoms with Crippen LogP contribution in [-0.2, 0) is 13.2 Å². The van der Waals surface area contributed by atoms with Crippen molar-refractivity contribution in [2.45, 2.75) is 13.2 Å². The molecule has 0 saturated carbocycles. The van der Waals surface area contributed by atoms with E-state index in [0.29, 0.717) is 18.9 Å². The van der Waals surface area contributed by atoms with Gasteiger partial charge in [0.2, 0.25) is 0 Å². The normalized spacial score (nSPS) is 10.5. The lowest BCUT2D eigenvalue weighted by Crippen LogP contribution is -2.08. The Morgan fingerprint density at radius 2 is 2.25 bits per heavy atom. The van der Waals surface area contributed by atoms with Gasteiger partial charge in [-0.1, -0.05) is 0 Å². The number of hydrogen-bond donors (Lipinski definition) is 1. The van der Waals surface area contributed by atoms with Crippen molar-refractivity contribution in [2.75, 3.05) is 7.05 Å². The van der Waals surface area contributed by atoms with E-state index in [1.165, 1.54) is 12.1 Å². The highest BCUT2D eigenvalue weighted by Gasteiger charge is 2.11. The Bertz CT molecular complexity index is 615. The number of ether oxygens (including phenoxy) is 1. The smallest absolute Gasteiger partial charge is 0.270 e. The molecule has 0 atom stereocenters. The molecule has 0 bridgehead atoms. The lowest BCUT2D eigenvalue weighted by Gasteiger charge is -2.10. The summed E-state index contributed by atoms with van der Waals surface area (Å²) in [6.45, 7) is 0.968. The van der Waals surface area contributed by atoms with Crippen LogP contribution in [0.4, 0.5) is 5.69 Å². The minimum atomic E-state index is -0.403. The Kier molecular flexibility index (Phi) is 5.11. The number of nitrogens with zero attached hydrogens (tertiary/aromatic N) is 1. The molecule has 1 heterocycles. The van der Waals surface area contributed by atoms with Crippen molar-refractivity contribution in [3.63, 3.8) is 0 Å². The third-order valence-corrected chi connectivity index (χ3v) is 4.28. The van der Waals surface area contributed by atoms with Gasteiger partial charge in [-0.3, -0.25) is 10.1 Å². The second-order valence-corrected chi connectivity index (χ2v) is 6.01. The molecule has 1 aromatic carbocycles. The Hall–Kier alpha value is -1.44. The first kappa shape index (κ1) is 15.0. The summed E-state index contributed by atoms with van der Waals surface area (Å²) in [6, 6.07) is 6.64. The van der Waals surface area contributed by atoms with Crippen molar-refractivity contribution in [2.24, 2.45) is 0 Å². The van der Waals surface area contributed by atoms with E-state index in [4.69, 9.17) is 4.74 Å². The molecule has 7 heteroatoms. The van der Waals surface area contributed by atoms with E-state index in [-0.39, 0.29) is 5.69 Å². The van der Waals surface area contributed by atoms with Gasteiger partial charge in [-0.25, -0.2) is 0 Å². The maximum atomic E-state index is 10.8. The molecule has 0 unspecified atom stereocenters. The minimum Gasteiger partial charge on any atom is -0.488 e. The molecule has 0 aliphatic heterocycles. The zero-order chi connectivity index (χ0) is 14.5. The van der Waals surface area contributed by atoms with Crippen LogP contribution < -0.4 is 10.1 Å². The number of hydrogen-bond acceptors (Lipinski definition) is 5. The van der Waals surface area contributed by atoms with E-state index in [1.54, 1.807) is 24.5 Å². The summed E-state index contributed by atoms with van der Waals surface area (Å²) in [6.07, 6.45) is 0. The number of rotatable bonds is 6. The van der Waals surface area contributed by atoms with E-state index < -0.39 is 4.92 Å². The molecule has 1 N–H and O–H groups in total. The Balaban J connectivity index is 2.15. The summed E-state index contributed by atoms with van der Waals surface area (Å²) >= 11 is 4.99. The first-order chi connectivity index (χ1) is 9.60. The molecule has 5 nitrogen and oxygen atoms in total. The highest BCUT2D eigenvalue weighted by Crippen LogP contribution is 2.26. The summed E-state index contributed by atoms with van der Waals surface area (Å²) in [5, 5.41) is 15.8. The second-order valence-electron chi connectivity index (χ2n) is 4.10. The molecule has 0 aliphatic carbocycles. The number of nitrogens with one attached hydrogen (secondary N) is 1. The first-order valence-corrected chi connectivity index (χ1v) is 7.55. The quantitative estimate of drug-likeness (QED) is 0.632. The second kappa shape index (κ2) is 6.83. The van der Waals surface area contributed by atoms with Crippen molar-refractivity contribution < 1.29 is 9.66 Å². The summed E-state index contributed by atoms with van der Waals surface area (Å²) in [5.41, 5.74) is 0.846. The van der Waals surface area contributed by atoms with Gasteiger partial charge >= 0.3 is 0 Å². The maximum Gasteiger partial charge on any atom is 0.270 e. The van der Waals surface area contributed by atoms with Crippen molar-refractivity contribution in [1.82, 2.24) is 5.32 Å². The van der Waals surface area contributed by atoms with Gasteiger partial charge in [0.05, 0.1) is 4.92 Å². The van der Waals surface area contributed by atoms with E-state index in [9.17, 15) is 10.1 Å². The van der Waals surface area contributed by atoms with Gasteiger partial charge in [0, 0.05) is 39.0 Å². The fourth-order valence-corrected chi connectivity index (χ4v) is 3.09. The predicted octanol–water partition coefficient (Wildman–Crippen LogP) is 3.72. The van der Waals surface area contributed by atoms with Gasteiger partial charge in [0.25, 0.3) is 5.69 Å². The number of non-ortho nitro benzene ring substituents is 1. The largest absolute Gasteiger partial charge is 0.488 e. The van der Waals surface area contributed by atoms with Gasteiger partial charge < -0.3 is 10.1 Å². The first-order valence-electron chi connectivity index (χ1n) is 5.88. The summed E-state index contributed by atoms with van der Waals surface area (Å²) < 4.78 is 6.78. The van der Waals surface area contributed by atoms with Crippen molar-refractivity contribution in [3.8, 4) is 5.75 Å². The molecule has 106 valence electrons. The lowest BCUT2D eigenvalue weighted by molar-refractivity contribution is -0.384. The average molecular weight is 357 g/mol. The summed E-state index contributed by atoms with van der Waals surface area (Å²) in [5.74, 6) is 0.662. The number of halogens is 1. The molecule has 20 heavy (non-hydrogen) atoms.